The summed E-state index contributed by atoms with van der Waals surface area (Å²) < 4.78 is 21.9. The maximum Gasteiger partial charge on any atom is 0.293 e. The number of nitrogens with zero attached hydrogens (tertiary/aromatic N) is 1. The van der Waals surface area contributed by atoms with E-state index in [9.17, 15) is 14.0 Å². The summed E-state index contributed by atoms with van der Waals surface area (Å²) in [4.78, 5) is 24.7. The van der Waals surface area contributed by atoms with Crippen LogP contribution in [0.5, 0.6) is 0 Å². The van der Waals surface area contributed by atoms with Crippen molar-refractivity contribution >= 4 is 22.0 Å². The average Bonchev–Trinajstić information content (AvgIpc) is 3.21. The van der Waals surface area contributed by atoms with E-state index in [-0.39, 0.29) is 34.5 Å². The van der Waals surface area contributed by atoms with Crippen LogP contribution in [0.3, 0.4) is 0 Å². The molecule has 2 atom stereocenters. The third-order valence-electron chi connectivity index (χ3n) is 5.57. The van der Waals surface area contributed by atoms with E-state index in [0.717, 1.165) is 32.1 Å². The number of nitrogens with one attached hydrogen (secondary N) is 1. The molecule has 3 aromatic rings. The normalized spacial score (nSPS) is 23.8. The van der Waals surface area contributed by atoms with Gasteiger partial charge in [0.05, 0.1) is 5.52 Å². The molecule has 0 saturated heterocycles. The summed E-state index contributed by atoms with van der Waals surface area (Å²) in [5.41, 5.74) is 6.43. The highest BCUT2D eigenvalue weighted by molar-refractivity contribution is 5.91. The lowest BCUT2D eigenvalue weighted by molar-refractivity contribution is 0.428. The number of H-pyrrole nitrogens is 1. The number of hydrogen-bond donors (Lipinski definition) is 2. The molecule has 0 bridgehead atoms. The summed E-state index contributed by atoms with van der Waals surface area (Å²) in [5.74, 6) is -0.332. The van der Waals surface area contributed by atoms with E-state index in [1.807, 2.05) is 4.57 Å². The van der Waals surface area contributed by atoms with Crippen molar-refractivity contribution in [2.75, 3.05) is 0 Å². The van der Waals surface area contributed by atoms with Gasteiger partial charge in [0, 0.05) is 17.5 Å². The molecule has 7 heteroatoms. The predicted octanol–water partition coefficient (Wildman–Crippen LogP) is 2.50. The smallest absolute Gasteiger partial charge is 0.293 e. The van der Waals surface area contributed by atoms with Gasteiger partial charge >= 0.3 is 0 Å². The second-order valence-corrected chi connectivity index (χ2v) is 7.30. The summed E-state index contributed by atoms with van der Waals surface area (Å²) in [6.07, 6.45) is 4.37. The van der Waals surface area contributed by atoms with Crippen molar-refractivity contribution in [1.82, 2.24) is 9.72 Å². The average molecular weight is 343 g/mol. The molecule has 0 radical (unpaired) electrons. The molecule has 2 fully saturated rings. The topological polar surface area (TPSA) is 94.0 Å². The van der Waals surface area contributed by atoms with Gasteiger partial charge in [0.15, 0.2) is 5.39 Å². The van der Waals surface area contributed by atoms with Gasteiger partial charge in [-0.2, -0.15) is 5.16 Å². The minimum atomic E-state index is -0.567. The molecule has 2 aliphatic rings. The fourth-order valence-corrected chi connectivity index (χ4v) is 4.17. The SMILES string of the molecule is NC1CCC(c2cc3c(cc2F)c(=O)c2c(=O)[nH]oc2n3C2CC2)C1. The maximum atomic E-state index is 14.8. The number of aromatic amines is 1. The Morgan fingerprint density at radius 2 is 2.00 bits per heavy atom. The van der Waals surface area contributed by atoms with Crippen molar-refractivity contribution in [3.8, 4) is 0 Å². The van der Waals surface area contributed by atoms with E-state index in [1.165, 1.54) is 6.07 Å². The van der Waals surface area contributed by atoms with Gasteiger partial charge in [-0.05, 0) is 55.7 Å². The molecule has 2 heterocycles. The summed E-state index contributed by atoms with van der Waals surface area (Å²) in [6.45, 7) is 0. The first-order valence-corrected chi connectivity index (χ1v) is 8.69. The molecule has 25 heavy (non-hydrogen) atoms. The molecule has 130 valence electrons. The Morgan fingerprint density at radius 1 is 1.20 bits per heavy atom. The zero-order chi connectivity index (χ0) is 17.3. The number of benzene rings is 1. The fraction of sp³-hybridized carbons (Fsp3) is 0.444. The van der Waals surface area contributed by atoms with Crippen molar-refractivity contribution < 1.29 is 8.91 Å². The van der Waals surface area contributed by atoms with Crippen molar-refractivity contribution in [2.45, 2.75) is 50.1 Å². The quantitative estimate of drug-likeness (QED) is 0.747. The van der Waals surface area contributed by atoms with Gasteiger partial charge < -0.3 is 14.8 Å². The zero-order valence-electron chi connectivity index (χ0n) is 13.5. The van der Waals surface area contributed by atoms with Gasteiger partial charge in [-0.15, -0.1) is 0 Å². The molecular weight excluding hydrogens is 325 g/mol. The summed E-state index contributed by atoms with van der Waals surface area (Å²) in [6, 6.07) is 3.31. The fourth-order valence-electron chi connectivity index (χ4n) is 4.17. The molecule has 2 aromatic heterocycles. The van der Waals surface area contributed by atoms with E-state index in [2.05, 4.69) is 5.16 Å². The van der Waals surface area contributed by atoms with Crippen LogP contribution >= 0.6 is 0 Å². The highest BCUT2D eigenvalue weighted by Crippen LogP contribution is 2.41. The minimum Gasteiger partial charge on any atom is -0.360 e. The van der Waals surface area contributed by atoms with Crippen molar-refractivity contribution in [3.63, 3.8) is 0 Å². The van der Waals surface area contributed by atoms with Gasteiger partial charge in [-0.3, -0.25) is 9.59 Å². The largest absolute Gasteiger partial charge is 0.360 e. The molecule has 6 nitrogen and oxygen atoms in total. The Labute approximate surface area is 141 Å². The molecule has 3 N–H and O–H groups in total. The predicted molar refractivity (Wildman–Crippen MR) is 91.4 cm³/mol. The molecule has 0 amide bonds. The van der Waals surface area contributed by atoms with E-state index in [4.69, 9.17) is 10.3 Å². The highest BCUT2D eigenvalue weighted by atomic mass is 19.1. The first-order valence-electron chi connectivity index (χ1n) is 8.69. The van der Waals surface area contributed by atoms with Gasteiger partial charge in [0.2, 0.25) is 11.1 Å². The number of nitrogens with two attached hydrogens (primary N) is 1. The molecule has 2 aliphatic carbocycles. The second-order valence-electron chi connectivity index (χ2n) is 7.30. The number of pyridine rings is 1. The van der Waals surface area contributed by atoms with Crippen LogP contribution < -0.4 is 16.7 Å². The summed E-state index contributed by atoms with van der Waals surface area (Å²) >= 11 is 0. The van der Waals surface area contributed by atoms with E-state index < -0.39 is 16.8 Å². The van der Waals surface area contributed by atoms with Crippen molar-refractivity contribution in [3.05, 3.63) is 44.1 Å². The third kappa shape index (κ3) is 2.12. The van der Waals surface area contributed by atoms with Gasteiger partial charge in [-0.1, -0.05) is 0 Å². The Balaban J connectivity index is 1.86. The van der Waals surface area contributed by atoms with Crippen LogP contribution in [0.2, 0.25) is 0 Å². The Morgan fingerprint density at radius 3 is 2.68 bits per heavy atom. The Hall–Kier alpha value is -2.41. The number of halogens is 1. The van der Waals surface area contributed by atoms with E-state index in [1.54, 1.807) is 6.07 Å². The molecule has 2 unspecified atom stereocenters. The monoisotopic (exact) mass is 343 g/mol. The summed E-state index contributed by atoms with van der Waals surface area (Å²) in [7, 11) is 0. The number of aromatic nitrogens is 2. The van der Waals surface area contributed by atoms with Gasteiger partial charge in [0.25, 0.3) is 5.56 Å². The van der Waals surface area contributed by atoms with Crippen LogP contribution in [-0.4, -0.2) is 15.8 Å². The standard InChI is InChI=1S/C18H18FN3O3/c19-13-6-12-14(7-11(13)8-1-2-9(20)5-8)22(10-3-4-10)18-15(16(12)23)17(24)21-25-18/h6-10H,1-5,20H2,(H,21,24). The van der Waals surface area contributed by atoms with Crippen LogP contribution in [0.4, 0.5) is 4.39 Å². The molecule has 0 spiro atoms. The number of rotatable bonds is 2. The molecule has 0 aliphatic heterocycles. The minimum absolute atomic E-state index is 0.0329. The Kier molecular flexibility index (Phi) is 3.01. The van der Waals surface area contributed by atoms with E-state index >= 15 is 0 Å². The van der Waals surface area contributed by atoms with Crippen LogP contribution in [0.1, 0.15) is 49.6 Å². The lowest BCUT2D eigenvalue weighted by Gasteiger charge is -2.16. The molecule has 2 saturated carbocycles. The first-order chi connectivity index (χ1) is 12.0. The number of fused-ring (bicyclic) bond motifs is 2. The lowest BCUT2D eigenvalue weighted by atomic mass is 9.95. The van der Waals surface area contributed by atoms with Crippen LogP contribution in [0.15, 0.2) is 26.2 Å². The van der Waals surface area contributed by atoms with E-state index in [0.29, 0.717) is 11.1 Å². The number of hydrogen-bond acceptors (Lipinski definition) is 4. The van der Waals surface area contributed by atoms with Crippen molar-refractivity contribution in [2.24, 2.45) is 5.73 Å². The molecule has 1 aromatic carbocycles. The van der Waals surface area contributed by atoms with Crippen molar-refractivity contribution in [1.29, 1.82) is 0 Å². The summed E-state index contributed by atoms with van der Waals surface area (Å²) in [5, 5.41) is 2.44. The highest BCUT2D eigenvalue weighted by Gasteiger charge is 2.31. The molecular formula is C18H18FN3O3. The van der Waals surface area contributed by atoms with Gasteiger partial charge in [0.1, 0.15) is 5.82 Å². The molecule has 5 rings (SSSR count). The second kappa shape index (κ2) is 5.05. The van der Waals surface area contributed by atoms with Crippen LogP contribution in [0.25, 0.3) is 22.0 Å². The zero-order valence-corrected chi connectivity index (χ0v) is 13.5. The van der Waals surface area contributed by atoms with Crippen LogP contribution in [0, 0.1) is 5.82 Å². The van der Waals surface area contributed by atoms with Gasteiger partial charge in [-0.25, -0.2) is 4.39 Å². The lowest BCUT2D eigenvalue weighted by Crippen LogP contribution is -2.16. The first kappa shape index (κ1) is 14.9. The maximum absolute atomic E-state index is 14.8. The third-order valence-corrected chi connectivity index (χ3v) is 5.57. The Bertz CT molecular complexity index is 1120. The van der Waals surface area contributed by atoms with Crippen LogP contribution in [-0.2, 0) is 0 Å².